The van der Waals surface area contributed by atoms with Crippen molar-refractivity contribution < 1.29 is 9.53 Å². The summed E-state index contributed by atoms with van der Waals surface area (Å²) >= 11 is 0. The first kappa shape index (κ1) is 14.6. The van der Waals surface area contributed by atoms with E-state index in [1.807, 2.05) is 0 Å². The highest BCUT2D eigenvalue weighted by atomic mass is 16.5. The van der Waals surface area contributed by atoms with Gasteiger partial charge in [0.15, 0.2) is 5.78 Å². The standard InChI is InChI=1S/C19H22N2O2/c1-18(2)8-13(22)15-14(9-18)23-17(21)12(10-20)16(15)19-5-3-11(7-19)4-6-19/h3,5,11,16H,4,6-9,21H2,1-2H3/t11-,16-,19-/m1/s1. The van der Waals surface area contributed by atoms with Gasteiger partial charge in [-0.3, -0.25) is 4.79 Å². The molecule has 0 spiro atoms. The molecule has 0 unspecified atom stereocenters. The largest absolute Gasteiger partial charge is 0.444 e. The highest BCUT2D eigenvalue weighted by Crippen LogP contribution is 2.60. The van der Waals surface area contributed by atoms with Gasteiger partial charge >= 0.3 is 0 Å². The summed E-state index contributed by atoms with van der Waals surface area (Å²) in [6, 6.07) is 2.24. The van der Waals surface area contributed by atoms with Crippen molar-refractivity contribution in [2.75, 3.05) is 0 Å². The number of rotatable bonds is 1. The van der Waals surface area contributed by atoms with Crippen molar-refractivity contribution in [2.24, 2.45) is 28.4 Å². The third-order valence-electron chi connectivity index (χ3n) is 5.97. The molecule has 1 saturated carbocycles. The van der Waals surface area contributed by atoms with Gasteiger partial charge < -0.3 is 10.5 Å². The summed E-state index contributed by atoms with van der Waals surface area (Å²) in [6.45, 7) is 4.15. The predicted molar refractivity (Wildman–Crippen MR) is 85.4 cm³/mol. The number of allylic oxidation sites excluding steroid dienone is 5. The molecule has 23 heavy (non-hydrogen) atoms. The van der Waals surface area contributed by atoms with E-state index in [1.165, 1.54) is 0 Å². The van der Waals surface area contributed by atoms with Crippen LogP contribution in [0.1, 0.15) is 46.0 Å². The van der Waals surface area contributed by atoms with E-state index in [-0.39, 0.29) is 28.4 Å². The number of fused-ring (bicyclic) bond motifs is 2. The van der Waals surface area contributed by atoms with Gasteiger partial charge in [-0.05, 0) is 30.6 Å². The average Bonchev–Trinajstić information content (AvgIpc) is 3.06. The number of nitrogens with zero attached hydrogens (tertiary/aromatic N) is 1. The molecule has 0 aromatic carbocycles. The van der Waals surface area contributed by atoms with Crippen LogP contribution >= 0.6 is 0 Å². The number of Topliss-reactive ketones (excluding diaryl/α,β-unsaturated/α-hetero) is 1. The van der Waals surface area contributed by atoms with Crippen LogP contribution in [0.5, 0.6) is 0 Å². The molecule has 1 aliphatic heterocycles. The molecular formula is C19H22N2O2. The summed E-state index contributed by atoms with van der Waals surface area (Å²) in [5.74, 6) is 1.38. The molecule has 3 aliphatic carbocycles. The van der Waals surface area contributed by atoms with E-state index in [1.54, 1.807) is 0 Å². The van der Waals surface area contributed by atoms with Gasteiger partial charge in [-0.2, -0.15) is 5.26 Å². The second kappa shape index (κ2) is 4.50. The van der Waals surface area contributed by atoms with Crippen LogP contribution in [0, 0.1) is 34.0 Å². The van der Waals surface area contributed by atoms with E-state index in [4.69, 9.17) is 10.5 Å². The quantitative estimate of drug-likeness (QED) is 0.754. The molecule has 4 aliphatic rings. The van der Waals surface area contributed by atoms with E-state index < -0.39 is 0 Å². The van der Waals surface area contributed by atoms with Crippen LogP contribution in [0.4, 0.5) is 0 Å². The molecule has 1 fully saturated rings. The Hall–Kier alpha value is -2.02. The molecule has 0 saturated heterocycles. The van der Waals surface area contributed by atoms with Gasteiger partial charge in [0.1, 0.15) is 11.8 Å². The maximum Gasteiger partial charge on any atom is 0.204 e. The number of nitriles is 1. The van der Waals surface area contributed by atoms with Crippen LogP contribution in [-0.4, -0.2) is 5.78 Å². The Labute approximate surface area is 136 Å². The van der Waals surface area contributed by atoms with Gasteiger partial charge in [-0.1, -0.05) is 26.0 Å². The van der Waals surface area contributed by atoms with Crippen molar-refractivity contribution in [1.82, 2.24) is 0 Å². The van der Waals surface area contributed by atoms with Crippen molar-refractivity contribution in [1.29, 1.82) is 5.26 Å². The maximum atomic E-state index is 12.9. The average molecular weight is 310 g/mol. The summed E-state index contributed by atoms with van der Waals surface area (Å²) in [5.41, 5.74) is 7.01. The highest BCUT2D eigenvalue weighted by molar-refractivity contribution is 5.99. The molecule has 0 amide bonds. The van der Waals surface area contributed by atoms with Crippen molar-refractivity contribution in [2.45, 2.75) is 46.0 Å². The number of ether oxygens (including phenoxy) is 1. The van der Waals surface area contributed by atoms with Crippen LogP contribution in [0.25, 0.3) is 0 Å². The zero-order chi connectivity index (χ0) is 16.4. The maximum absolute atomic E-state index is 12.9. The second-order valence-corrected chi connectivity index (χ2v) is 8.30. The molecule has 1 heterocycles. The molecule has 4 rings (SSSR count). The van der Waals surface area contributed by atoms with Gasteiger partial charge in [-0.25, -0.2) is 0 Å². The van der Waals surface area contributed by atoms with E-state index >= 15 is 0 Å². The Balaban J connectivity index is 1.87. The van der Waals surface area contributed by atoms with Gasteiger partial charge in [0, 0.05) is 29.7 Å². The van der Waals surface area contributed by atoms with Crippen molar-refractivity contribution in [3.05, 3.63) is 34.9 Å². The minimum absolute atomic E-state index is 0.119. The lowest BCUT2D eigenvalue weighted by molar-refractivity contribution is -0.119. The number of carbonyl (C=O) groups is 1. The van der Waals surface area contributed by atoms with Crippen LogP contribution in [0.3, 0.4) is 0 Å². The van der Waals surface area contributed by atoms with E-state index in [2.05, 4.69) is 32.1 Å². The lowest BCUT2D eigenvalue weighted by Gasteiger charge is -2.42. The molecule has 0 aromatic heterocycles. The van der Waals surface area contributed by atoms with Gasteiger partial charge in [0.2, 0.25) is 5.88 Å². The van der Waals surface area contributed by atoms with Crippen LogP contribution in [0.2, 0.25) is 0 Å². The fraction of sp³-hybridized carbons (Fsp3) is 0.579. The zero-order valence-electron chi connectivity index (χ0n) is 13.7. The van der Waals surface area contributed by atoms with Gasteiger partial charge in [-0.15, -0.1) is 0 Å². The Morgan fingerprint density at radius 2 is 2.17 bits per heavy atom. The summed E-state index contributed by atoms with van der Waals surface area (Å²) < 4.78 is 5.76. The third-order valence-corrected chi connectivity index (χ3v) is 5.97. The van der Waals surface area contributed by atoms with E-state index in [0.29, 0.717) is 30.1 Å². The Kier molecular flexibility index (Phi) is 2.85. The summed E-state index contributed by atoms with van der Waals surface area (Å²) in [6.07, 6.45) is 8.87. The Morgan fingerprint density at radius 3 is 2.74 bits per heavy atom. The Morgan fingerprint density at radius 1 is 1.39 bits per heavy atom. The van der Waals surface area contributed by atoms with Crippen LogP contribution < -0.4 is 5.73 Å². The minimum atomic E-state index is -0.219. The fourth-order valence-corrected chi connectivity index (χ4v) is 5.01. The zero-order valence-corrected chi connectivity index (χ0v) is 13.7. The van der Waals surface area contributed by atoms with Gasteiger partial charge in [0.25, 0.3) is 0 Å². The Bertz CT molecular complexity index is 735. The summed E-state index contributed by atoms with van der Waals surface area (Å²) in [5, 5.41) is 9.67. The van der Waals surface area contributed by atoms with Crippen molar-refractivity contribution in [3.63, 3.8) is 0 Å². The SMILES string of the molecule is CC1(C)CC(=O)C2=C(C1)OC(N)=C(C#N)[C@H]2[C@]12C=C[C@H](CC1)C2. The first-order chi connectivity index (χ1) is 10.9. The monoisotopic (exact) mass is 310 g/mol. The molecule has 0 aromatic rings. The number of hydrogen-bond donors (Lipinski definition) is 1. The molecule has 2 N–H and O–H groups in total. The summed E-state index contributed by atoms with van der Waals surface area (Å²) in [4.78, 5) is 12.9. The first-order valence-electron chi connectivity index (χ1n) is 8.38. The molecule has 3 atom stereocenters. The normalized spacial score (nSPS) is 37.7. The minimum Gasteiger partial charge on any atom is -0.444 e. The molecule has 4 nitrogen and oxygen atoms in total. The smallest absolute Gasteiger partial charge is 0.204 e. The van der Waals surface area contributed by atoms with E-state index in [9.17, 15) is 10.1 Å². The lowest BCUT2D eigenvalue weighted by Crippen LogP contribution is -2.40. The number of nitrogens with two attached hydrogens (primary N) is 1. The second-order valence-electron chi connectivity index (χ2n) is 8.30. The first-order valence-corrected chi connectivity index (χ1v) is 8.38. The molecule has 2 bridgehead atoms. The number of carbonyl (C=O) groups excluding carboxylic acids is 1. The van der Waals surface area contributed by atoms with Crippen molar-refractivity contribution >= 4 is 5.78 Å². The summed E-state index contributed by atoms with van der Waals surface area (Å²) in [7, 11) is 0. The molecule has 4 heteroatoms. The number of hydrogen-bond acceptors (Lipinski definition) is 4. The molecular weight excluding hydrogens is 288 g/mol. The molecule has 0 radical (unpaired) electrons. The highest BCUT2D eigenvalue weighted by Gasteiger charge is 2.54. The fourth-order valence-electron chi connectivity index (χ4n) is 5.01. The van der Waals surface area contributed by atoms with Crippen LogP contribution in [0.15, 0.2) is 34.9 Å². The molecule has 120 valence electrons. The third kappa shape index (κ3) is 1.99. The van der Waals surface area contributed by atoms with Gasteiger partial charge in [0.05, 0.1) is 5.57 Å². The lowest BCUT2D eigenvalue weighted by atomic mass is 9.62. The van der Waals surface area contributed by atoms with Crippen molar-refractivity contribution in [3.8, 4) is 6.07 Å². The topological polar surface area (TPSA) is 76.1 Å². The van der Waals surface area contributed by atoms with Crippen LogP contribution in [-0.2, 0) is 9.53 Å². The predicted octanol–water partition coefficient (Wildman–Crippen LogP) is 3.33. The van der Waals surface area contributed by atoms with E-state index in [0.717, 1.165) is 24.8 Å². The number of ketones is 1.